The molecular formula is C13H18ClN3OS. The van der Waals surface area contributed by atoms with Crippen molar-refractivity contribution in [1.82, 2.24) is 15.2 Å². The first kappa shape index (κ1) is 13.3. The van der Waals surface area contributed by atoms with Gasteiger partial charge in [0.1, 0.15) is 9.34 Å². The van der Waals surface area contributed by atoms with Crippen LogP contribution < -0.4 is 5.32 Å². The second kappa shape index (κ2) is 5.77. The van der Waals surface area contributed by atoms with Gasteiger partial charge in [-0.1, -0.05) is 11.6 Å². The van der Waals surface area contributed by atoms with Crippen molar-refractivity contribution in [3.63, 3.8) is 0 Å². The maximum atomic E-state index is 11.9. The highest BCUT2D eigenvalue weighted by Crippen LogP contribution is 2.31. The Bertz CT molecular complexity index is 452. The number of thiazole rings is 1. The van der Waals surface area contributed by atoms with E-state index in [0.717, 1.165) is 54.7 Å². The van der Waals surface area contributed by atoms with Crippen molar-refractivity contribution in [2.45, 2.75) is 38.3 Å². The molecule has 0 spiro atoms. The van der Waals surface area contributed by atoms with Crippen LogP contribution in [0.5, 0.6) is 0 Å². The maximum absolute atomic E-state index is 11.9. The standard InChI is InChI=1S/C13H18ClN3OS/c14-11-7-16-12(19-11)8-15-10-3-5-17(6-4-10)13(18)9-1-2-9/h7,9-10,15H,1-6,8H2. The van der Waals surface area contributed by atoms with Crippen LogP contribution in [0.15, 0.2) is 6.20 Å². The van der Waals surface area contributed by atoms with E-state index in [0.29, 0.717) is 17.9 Å². The molecule has 0 atom stereocenters. The van der Waals surface area contributed by atoms with Crippen molar-refractivity contribution in [3.8, 4) is 0 Å². The zero-order valence-corrected chi connectivity index (χ0v) is 12.3. The molecule has 2 fully saturated rings. The molecule has 1 saturated heterocycles. The van der Waals surface area contributed by atoms with Gasteiger partial charge in [0.25, 0.3) is 0 Å². The summed E-state index contributed by atoms with van der Waals surface area (Å²) in [6.07, 6.45) is 5.97. The third-order valence-corrected chi connectivity index (χ3v) is 4.92. The first-order valence-electron chi connectivity index (χ1n) is 6.85. The Balaban J connectivity index is 1.41. The van der Waals surface area contributed by atoms with E-state index in [2.05, 4.69) is 10.3 Å². The van der Waals surface area contributed by atoms with E-state index in [4.69, 9.17) is 11.6 Å². The fourth-order valence-corrected chi connectivity index (χ4v) is 3.40. The van der Waals surface area contributed by atoms with Crippen LogP contribution in [0.4, 0.5) is 0 Å². The minimum atomic E-state index is 0.349. The molecule has 2 heterocycles. The van der Waals surface area contributed by atoms with Crippen LogP contribution in [0.2, 0.25) is 4.34 Å². The predicted molar refractivity (Wildman–Crippen MR) is 76.3 cm³/mol. The number of aromatic nitrogens is 1. The van der Waals surface area contributed by atoms with E-state index < -0.39 is 0 Å². The van der Waals surface area contributed by atoms with Gasteiger partial charge in [0.05, 0.1) is 6.20 Å². The molecule has 3 rings (SSSR count). The largest absolute Gasteiger partial charge is 0.342 e. The smallest absolute Gasteiger partial charge is 0.225 e. The van der Waals surface area contributed by atoms with Crippen molar-refractivity contribution >= 4 is 28.8 Å². The van der Waals surface area contributed by atoms with Crippen LogP contribution >= 0.6 is 22.9 Å². The summed E-state index contributed by atoms with van der Waals surface area (Å²) < 4.78 is 0.738. The fourth-order valence-electron chi connectivity index (χ4n) is 2.49. The molecule has 104 valence electrons. The molecule has 1 aromatic rings. The lowest BCUT2D eigenvalue weighted by Gasteiger charge is -2.32. The van der Waals surface area contributed by atoms with Gasteiger partial charge in [-0.2, -0.15) is 0 Å². The third-order valence-electron chi connectivity index (χ3n) is 3.80. The van der Waals surface area contributed by atoms with Gasteiger partial charge in [0, 0.05) is 31.6 Å². The number of rotatable bonds is 4. The molecule has 6 heteroatoms. The second-order valence-electron chi connectivity index (χ2n) is 5.31. The van der Waals surface area contributed by atoms with Crippen molar-refractivity contribution in [2.75, 3.05) is 13.1 Å². The summed E-state index contributed by atoms with van der Waals surface area (Å²) in [7, 11) is 0. The summed E-state index contributed by atoms with van der Waals surface area (Å²) in [4.78, 5) is 18.2. The molecule has 19 heavy (non-hydrogen) atoms. The van der Waals surface area contributed by atoms with Crippen LogP contribution in [-0.2, 0) is 11.3 Å². The zero-order valence-electron chi connectivity index (χ0n) is 10.8. The summed E-state index contributed by atoms with van der Waals surface area (Å²) in [6, 6.07) is 0.492. The molecule has 0 bridgehead atoms. The molecule has 1 aliphatic heterocycles. The quantitative estimate of drug-likeness (QED) is 0.928. The lowest BCUT2D eigenvalue weighted by Crippen LogP contribution is -2.45. The van der Waals surface area contributed by atoms with Crippen molar-refractivity contribution in [3.05, 3.63) is 15.5 Å². The Hall–Kier alpha value is -0.650. The molecular weight excluding hydrogens is 282 g/mol. The lowest BCUT2D eigenvalue weighted by atomic mass is 10.0. The van der Waals surface area contributed by atoms with Gasteiger partial charge in [-0.25, -0.2) is 4.98 Å². The van der Waals surface area contributed by atoms with Crippen LogP contribution in [0.3, 0.4) is 0 Å². The monoisotopic (exact) mass is 299 g/mol. The number of nitrogens with zero attached hydrogens (tertiary/aromatic N) is 2. The van der Waals surface area contributed by atoms with Gasteiger partial charge < -0.3 is 10.2 Å². The molecule has 1 N–H and O–H groups in total. The number of nitrogens with one attached hydrogen (secondary N) is 1. The molecule has 2 aliphatic rings. The Labute approximate surface area is 122 Å². The number of halogens is 1. The van der Waals surface area contributed by atoms with E-state index in [1.54, 1.807) is 6.20 Å². The van der Waals surface area contributed by atoms with Crippen molar-refractivity contribution < 1.29 is 4.79 Å². The molecule has 1 aromatic heterocycles. The molecule has 0 radical (unpaired) electrons. The Morgan fingerprint density at radius 3 is 2.74 bits per heavy atom. The first-order chi connectivity index (χ1) is 9.22. The average molecular weight is 300 g/mol. The summed E-state index contributed by atoms with van der Waals surface area (Å²) >= 11 is 7.38. The highest BCUT2D eigenvalue weighted by molar-refractivity contribution is 7.15. The number of likely N-dealkylation sites (tertiary alicyclic amines) is 1. The number of piperidine rings is 1. The third kappa shape index (κ3) is 3.46. The topological polar surface area (TPSA) is 45.2 Å². The zero-order chi connectivity index (χ0) is 13.2. The van der Waals surface area contributed by atoms with Gasteiger partial charge in [0.15, 0.2) is 0 Å². The minimum absolute atomic E-state index is 0.349. The number of hydrogen-bond acceptors (Lipinski definition) is 4. The summed E-state index contributed by atoms with van der Waals surface area (Å²) in [6.45, 7) is 2.57. The molecule has 1 amide bonds. The summed E-state index contributed by atoms with van der Waals surface area (Å²) in [5.74, 6) is 0.729. The maximum Gasteiger partial charge on any atom is 0.225 e. The fraction of sp³-hybridized carbons (Fsp3) is 0.692. The van der Waals surface area contributed by atoms with Gasteiger partial charge in [-0.05, 0) is 25.7 Å². The van der Waals surface area contributed by atoms with Crippen LogP contribution in [-0.4, -0.2) is 34.9 Å². The SMILES string of the molecule is O=C(C1CC1)N1CCC(NCc2ncc(Cl)s2)CC1. The molecule has 0 aromatic carbocycles. The number of carbonyl (C=O) groups is 1. The molecule has 1 saturated carbocycles. The predicted octanol–water partition coefficient (Wildman–Crippen LogP) is 2.29. The van der Waals surface area contributed by atoms with Gasteiger partial charge >= 0.3 is 0 Å². The Kier molecular flexibility index (Phi) is 4.05. The summed E-state index contributed by atoms with van der Waals surface area (Å²) in [5.41, 5.74) is 0. The van der Waals surface area contributed by atoms with Crippen molar-refractivity contribution in [2.24, 2.45) is 5.92 Å². The van der Waals surface area contributed by atoms with Crippen molar-refractivity contribution in [1.29, 1.82) is 0 Å². The highest BCUT2D eigenvalue weighted by atomic mass is 35.5. The number of amides is 1. The van der Waals surface area contributed by atoms with Gasteiger partial charge in [0.2, 0.25) is 5.91 Å². The van der Waals surface area contributed by atoms with Crippen LogP contribution in [0.1, 0.15) is 30.7 Å². The Morgan fingerprint density at radius 2 is 2.16 bits per heavy atom. The summed E-state index contributed by atoms with van der Waals surface area (Å²) in [5, 5.41) is 4.54. The highest BCUT2D eigenvalue weighted by Gasteiger charge is 2.34. The van der Waals surface area contributed by atoms with Gasteiger partial charge in [-0.3, -0.25) is 4.79 Å². The van der Waals surface area contributed by atoms with E-state index >= 15 is 0 Å². The first-order valence-corrected chi connectivity index (χ1v) is 8.04. The number of hydrogen-bond donors (Lipinski definition) is 1. The molecule has 4 nitrogen and oxygen atoms in total. The normalized spacial score (nSPS) is 20.8. The minimum Gasteiger partial charge on any atom is -0.342 e. The second-order valence-corrected chi connectivity index (χ2v) is 7.06. The van der Waals surface area contributed by atoms with Crippen LogP contribution in [0, 0.1) is 5.92 Å². The molecule has 0 unspecified atom stereocenters. The average Bonchev–Trinajstić information content (AvgIpc) is 3.19. The van der Waals surface area contributed by atoms with Crippen LogP contribution in [0.25, 0.3) is 0 Å². The van der Waals surface area contributed by atoms with E-state index in [1.807, 2.05) is 4.90 Å². The Morgan fingerprint density at radius 1 is 1.42 bits per heavy atom. The van der Waals surface area contributed by atoms with E-state index in [9.17, 15) is 4.79 Å². The number of carbonyl (C=O) groups excluding carboxylic acids is 1. The lowest BCUT2D eigenvalue weighted by molar-refractivity contribution is -0.133. The molecule has 1 aliphatic carbocycles. The van der Waals surface area contributed by atoms with E-state index in [-0.39, 0.29) is 0 Å². The van der Waals surface area contributed by atoms with E-state index in [1.165, 1.54) is 11.3 Å². The van der Waals surface area contributed by atoms with Gasteiger partial charge in [-0.15, -0.1) is 11.3 Å².